The lowest BCUT2D eigenvalue weighted by Gasteiger charge is -2.20. The van der Waals surface area contributed by atoms with Gasteiger partial charge in [0.1, 0.15) is 25.2 Å². The van der Waals surface area contributed by atoms with Crippen LogP contribution in [-0.4, -0.2) is 52.9 Å². The number of pyridine rings is 1. The van der Waals surface area contributed by atoms with Crippen molar-refractivity contribution in [2.24, 2.45) is 0 Å². The molecule has 1 aromatic heterocycles. The Morgan fingerprint density at radius 1 is 0.949 bits per heavy atom. The van der Waals surface area contributed by atoms with Crippen LogP contribution in [0.15, 0.2) is 67.0 Å². The average molecular weight is 574 g/mol. The Balaban J connectivity index is 1.32. The van der Waals surface area contributed by atoms with Gasteiger partial charge < -0.3 is 30.0 Å². The fraction of sp³-hybridized carbons (Fsp3) is 0.259. The number of nitrogens with zero attached hydrogens (tertiary/aromatic N) is 1. The number of carboxylic acids is 1. The molecule has 0 aliphatic carbocycles. The molecular formula is C27H25Cl2N3O7. The minimum Gasteiger partial charge on any atom is -0.489 e. The van der Waals surface area contributed by atoms with E-state index in [2.05, 4.69) is 15.6 Å². The topological polar surface area (TPSA) is 136 Å². The molecule has 1 aliphatic rings. The van der Waals surface area contributed by atoms with Crippen LogP contribution in [0.3, 0.4) is 0 Å². The zero-order chi connectivity index (χ0) is 27.8. The Labute approximate surface area is 234 Å². The van der Waals surface area contributed by atoms with Crippen LogP contribution in [0.2, 0.25) is 10.0 Å². The molecule has 10 nitrogen and oxygen atoms in total. The molecule has 1 aliphatic heterocycles. The highest BCUT2D eigenvalue weighted by atomic mass is 35.5. The fourth-order valence-electron chi connectivity index (χ4n) is 3.81. The third-order valence-corrected chi connectivity index (χ3v) is 6.63. The van der Waals surface area contributed by atoms with Crippen LogP contribution in [0, 0.1) is 0 Å². The molecule has 0 saturated carbocycles. The van der Waals surface area contributed by atoms with Crippen LogP contribution in [0.5, 0.6) is 5.75 Å². The van der Waals surface area contributed by atoms with E-state index < -0.39 is 36.0 Å². The summed E-state index contributed by atoms with van der Waals surface area (Å²) in [5, 5.41) is 15.8. The highest BCUT2D eigenvalue weighted by Crippen LogP contribution is 2.26. The zero-order valence-corrected chi connectivity index (χ0v) is 22.0. The summed E-state index contributed by atoms with van der Waals surface area (Å²) in [5.74, 6) is -2.03. The molecule has 2 amide bonds. The van der Waals surface area contributed by atoms with Crippen molar-refractivity contribution in [1.82, 2.24) is 15.6 Å². The van der Waals surface area contributed by atoms with E-state index in [1.165, 1.54) is 0 Å². The molecule has 3 aromatic rings. The molecule has 3 atom stereocenters. The summed E-state index contributed by atoms with van der Waals surface area (Å²) in [5.41, 5.74) is 2.11. The summed E-state index contributed by atoms with van der Waals surface area (Å²) in [6.07, 6.45) is 0.664. The number of hydrogen-bond donors (Lipinski definition) is 3. The second-order valence-corrected chi connectivity index (χ2v) is 9.42. The number of nitrogens with one attached hydrogen (secondary N) is 2. The Kier molecular flexibility index (Phi) is 9.72. The number of carbonyl (C=O) groups is 3. The number of hydrogen-bond acceptors (Lipinski definition) is 7. The highest BCUT2D eigenvalue weighted by Gasteiger charge is 2.41. The van der Waals surface area contributed by atoms with Gasteiger partial charge in [0.15, 0.2) is 12.2 Å². The van der Waals surface area contributed by atoms with Crippen molar-refractivity contribution < 1.29 is 33.7 Å². The number of halogens is 2. The SMILES string of the molecule is O=C(O)C(Cc1ccc(OCc2c(Cl)cccc2Cl)cc1)NC(=O)[C@@H]1OCO[C@H]1C(=O)NCc1ccncc1. The van der Waals surface area contributed by atoms with E-state index in [1.807, 2.05) is 0 Å². The van der Waals surface area contributed by atoms with E-state index in [4.69, 9.17) is 37.4 Å². The monoisotopic (exact) mass is 573 g/mol. The first-order valence-electron chi connectivity index (χ1n) is 11.9. The second kappa shape index (κ2) is 13.4. The number of ether oxygens (including phenoxy) is 3. The van der Waals surface area contributed by atoms with Crippen molar-refractivity contribution in [2.75, 3.05) is 6.79 Å². The lowest BCUT2D eigenvalue weighted by Crippen LogP contribution is -2.52. The number of carbonyl (C=O) groups excluding carboxylic acids is 2. The Hall–Kier alpha value is -3.70. The number of carboxylic acid groups (broad SMARTS) is 1. The summed E-state index contributed by atoms with van der Waals surface area (Å²) < 4.78 is 16.3. The van der Waals surface area contributed by atoms with Crippen molar-refractivity contribution in [3.63, 3.8) is 0 Å². The molecular weight excluding hydrogens is 549 g/mol. The van der Waals surface area contributed by atoms with Gasteiger partial charge in [-0.3, -0.25) is 14.6 Å². The van der Waals surface area contributed by atoms with Gasteiger partial charge in [-0.15, -0.1) is 0 Å². The van der Waals surface area contributed by atoms with E-state index >= 15 is 0 Å². The number of amides is 2. The summed E-state index contributed by atoms with van der Waals surface area (Å²) >= 11 is 12.3. The van der Waals surface area contributed by atoms with Crippen LogP contribution < -0.4 is 15.4 Å². The molecule has 1 unspecified atom stereocenters. The number of aliphatic carboxylic acids is 1. The first-order chi connectivity index (χ1) is 18.8. The fourth-order valence-corrected chi connectivity index (χ4v) is 4.32. The molecule has 0 spiro atoms. The van der Waals surface area contributed by atoms with Gasteiger partial charge >= 0.3 is 5.97 Å². The first kappa shape index (κ1) is 28.3. The van der Waals surface area contributed by atoms with Crippen LogP contribution in [0.1, 0.15) is 16.7 Å². The van der Waals surface area contributed by atoms with Crippen molar-refractivity contribution in [2.45, 2.75) is 37.8 Å². The molecule has 3 N–H and O–H groups in total. The van der Waals surface area contributed by atoms with Gasteiger partial charge in [-0.2, -0.15) is 0 Å². The Bertz CT molecular complexity index is 1290. The quantitative estimate of drug-likeness (QED) is 0.318. The smallest absolute Gasteiger partial charge is 0.326 e. The van der Waals surface area contributed by atoms with Crippen LogP contribution in [0.4, 0.5) is 0 Å². The van der Waals surface area contributed by atoms with E-state index in [1.54, 1.807) is 67.0 Å². The minimum absolute atomic E-state index is 0.00974. The van der Waals surface area contributed by atoms with Crippen molar-refractivity contribution >= 4 is 41.0 Å². The Morgan fingerprint density at radius 3 is 2.23 bits per heavy atom. The first-order valence-corrected chi connectivity index (χ1v) is 12.6. The van der Waals surface area contributed by atoms with Crippen molar-refractivity contribution in [1.29, 1.82) is 0 Å². The van der Waals surface area contributed by atoms with Crippen molar-refractivity contribution in [3.05, 3.63) is 93.7 Å². The molecule has 1 fully saturated rings. The second-order valence-electron chi connectivity index (χ2n) is 8.60. The van der Waals surface area contributed by atoms with Gasteiger partial charge in [0.2, 0.25) is 0 Å². The van der Waals surface area contributed by atoms with Crippen molar-refractivity contribution in [3.8, 4) is 5.75 Å². The maximum Gasteiger partial charge on any atom is 0.326 e. The maximum atomic E-state index is 12.9. The minimum atomic E-state index is -1.29. The predicted molar refractivity (Wildman–Crippen MR) is 141 cm³/mol. The average Bonchev–Trinajstić information content (AvgIpc) is 3.43. The van der Waals surface area contributed by atoms with E-state index in [0.717, 1.165) is 5.56 Å². The standard InChI is InChI=1S/C27H25Cl2N3O7/c28-20-2-1-3-21(29)19(20)14-37-18-6-4-16(5-7-18)12-22(27(35)36)32-26(34)24-23(38-15-39-24)25(33)31-13-17-8-10-30-11-9-17/h1-11,22-24H,12-15H2,(H,31,33)(H,32,34)(H,35,36)/t22?,23-,24-/m1/s1. The molecule has 2 heterocycles. The molecule has 0 radical (unpaired) electrons. The zero-order valence-electron chi connectivity index (χ0n) is 20.5. The van der Waals surface area contributed by atoms with Gasteiger partial charge in [0.25, 0.3) is 11.8 Å². The molecule has 4 rings (SSSR count). The number of aromatic nitrogens is 1. The molecule has 0 bridgehead atoms. The van der Waals surface area contributed by atoms with Gasteiger partial charge in [0.05, 0.1) is 0 Å². The molecule has 2 aromatic carbocycles. The maximum absolute atomic E-state index is 12.9. The van der Waals surface area contributed by atoms with Crippen LogP contribution in [0.25, 0.3) is 0 Å². The van der Waals surface area contributed by atoms with Crippen LogP contribution in [-0.2, 0) is 43.4 Å². The largest absolute Gasteiger partial charge is 0.489 e. The van der Waals surface area contributed by atoms with Gasteiger partial charge in [-0.1, -0.05) is 41.4 Å². The highest BCUT2D eigenvalue weighted by molar-refractivity contribution is 6.35. The van der Waals surface area contributed by atoms with E-state index in [-0.39, 0.29) is 26.4 Å². The van der Waals surface area contributed by atoms with E-state index in [9.17, 15) is 19.5 Å². The normalized spacial score (nSPS) is 17.3. The molecule has 12 heteroatoms. The number of benzene rings is 2. The van der Waals surface area contributed by atoms with E-state index in [0.29, 0.717) is 26.9 Å². The summed E-state index contributed by atoms with van der Waals surface area (Å²) in [7, 11) is 0. The molecule has 204 valence electrons. The third kappa shape index (κ3) is 7.67. The predicted octanol–water partition coefficient (Wildman–Crippen LogP) is 3.14. The summed E-state index contributed by atoms with van der Waals surface area (Å²) in [6.45, 7) is 0.0922. The van der Waals surface area contributed by atoms with Crippen LogP contribution >= 0.6 is 23.2 Å². The lowest BCUT2D eigenvalue weighted by atomic mass is 10.0. The number of rotatable bonds is 11. The molecule has 39 heavy (non-hydrogen) atoms. The third-order valence-electron chi connectivity index (χ3n) is 5.93. The molecule has 1 saturated heterocycles. The van der Waals surface area contributed by atoms with Gasteiger partial charge in [0, 0.05) is 41.0 Å². The van der Waals surface area contributed by atoms with Gasteiger partial charge in [-0.25, -0.2) is 4.79 Å². The summed E-state index contributed by atoms with van der Waals surface area (Å²) in [4.78, 5) is 41.3. The lowest BCUT2D eigenvalue weighted by molar-refractivity contribution is -0.144. The Morgan fingerprint density at radius 2 is 1.59 bits per heavy atom. The van der Waals surface area contributed by atoms with Gasteiger partial charge in [-0.05, 0) is 47.5 Å². The summed E-state index contributed by atoms with van der Waals surface area (Å²) in [6, 6.07) is 14.1.